The maximum Gasteiger partial charge on any atom is 0.225 e. The molecular formula is C28H36N6O. The van der Waals surface area contributed by atoms with Gasteiger partial charge in [-0.05, 0) is 52.0 Å². The molecular weight excluding hydrogens is 436 g/mol. The Morgan fingerprint density at radius 2 is 1.54 bits per heavy atom. The summed E-state index contributed by atoms with van der Waals surface area (Å²) in [7, 11) is 4.13. The van der Waals surface area contributed by atoms with Crippen LogP contribution in [0.5, 0.6) is 5.88 Å². The summed E-state index contributed by atoms with van der Waals surface area (Å²) in [5, 5.41) is 18.6. The van der Waals surface area contributed by atoms with Crippen LogP contribution in [0.1, 0.15) is 43.4 Å². The summed E-state index contributed by atoms with van der Waals surface area (Å²) in [6.45, 7) is 6.48. The van der Waals surface area contributed by atoms with Crippen molar-refractivity contribution in [2.45, 2.75) is 32.2 Å². The van der Waals surface area contributed by atoms with Gasteiger partial charge >= 0.3 is 0 Å². The standard InChI is InChI=1S/C28H36N6O/c1-20(2)34-19-24-25(27(34)35)31-28(29-16-11-17-33(3)4)32-26(24)30-18-23(21-12-7-5-8-13-21)22-14-9-6-10-15-22/h5-10,12-15,19-20,23,35H,11,16-18H2,1-4H3,(H2,29,30,31,32). The van der Waals surface area contributed by atoms with E-state index in [0.29, 0.717) is 18.0 Å². The number of hydrogen-bond donors (Lipinski definition) is 3. The molecule has 0 fully saturated rings. The van der Waals surface area contributed by atoms with Crippen LogP contribution < -0.4 is 10.6 Å². The zero-order chi connectivity index (χ0) is 24.8. The van der Waals surface area contributed by atoms with E-state index in [0.717, 1.165) is 30.7 Å². The summed E-state index contributed by atoms with van der Waals surface area (Å²) >= 11 is 0. The van der Waals surface area contributed by atoms with E-state index in [2.05, 4.69) is 83.1 Å². The fraction of sp³-hybridized carbons (Fsp3) is 0.357. The Labute approximate surface area is 207 Å². The van der Waals surface area contributed by atoms with E-state index in [4.69, 9.17) is 4.98 Å². The first kappa shape index (κ1) is 24.5. The molecule has 3 N–H and O–H groups in total. The first-order chi connectivity index (χ1) is 16.9. The Bertz CT molecular complexity index is 1180. The van der Waals surface area contributed by atoms with Gasteiger partial charge in [0.15, 0.2) is 0 Å². The van der Waals surface area contributed by atoms with Crippen molar-refractivity contribution >= 4 is 22.7 Å². The number of rotatable bonds is 11. The van der Waals surface area contributed by atoms with Crippen molar-refractivity contribution in [3.63, 3.8) is 0 Å². The maximum absolute atomic E-state index is 10.9. The quantitative estimate of drug-likeness (QED) is 0.256. The van der Waals surface area contributed by atoms with E-state index in [1.165, 1.54) is 11.1 Å². The van der Waals surface area contributed by atoms with Gasteiger partial charge in [-0.3, -0.25) is 0 Å². The number of benzene rings is 2. The van der Waals surface area contributed by atoms with Gasteiger partial charge in [-0.15, -0.1) is 0 Å². The van der Waals surface area contributed by atoms with E-state index in [1.54, 1.807) is 0 Å². The minimum atomic E-state index is 0.106. The Morgan fingerprint density at radius 1 is 0.914 bits per heavy atom. The van der Waals surface area contributed by atoms with Crippen molar-refractivity contribution in [1.29, 1.82) is 0 Å². The Morgan fingerprint density at radius 3 is 2.11 bits per heavy atom. The van der Waals surface area contributed by atoms with Crippen molar-refractivity contribution < 1.29 is 5.11 Å². The summed E-state index contributed by atoms with van der Waals surface area (Å²) < 4.78 is 1.84. The normalized spacial score (nSPS) is 11.6. The lowest BCUT2D eigenvalue weighted by molar-refractivity contribution is 0.404. The van der Waals surface area contributed by atoms with Crippen LogP contribution in [-0.4, -0.2) is 58.3 Å². The summed E-state index contributed by atoms with van der Waals surface area (Å²) in [5.41, 5.74) is 3.03. The smallest absolute Gasteiger partial charge is 0.225 e. The monoisotopic (exact) mass is 472 g/mol. The zero-order valence-electron chi connectivity index (χ0n) is 21.1. The second kappa shape index (κ2) is 11.2. The lowest BCUT2D eigenvalue weighted by Gasteiger charge is -2.20. The molecule has 2 aromatic heterocycles. The molecule has 0 atom stereocenters. The molecule has 7 heteroatoms. The average Bonchev–Trinajstić information content (AvgIpc) is 3.20. The Hall–Kier alpha value is -3.58. The molecule has 0 bridgehead atoms. The predicted octanol–water partition coefficient (Wildman–Crippen LogP) is 5.33. The molecule has 0 aliphatic rings. The molecule has 184 valence electrons. The van der Waals surface area contributed by atoms with Gasteiger partial charge in [0.1, 0.15) is 11.3 Å². The number of fused-ring (bicyclic) bond motifs is 1. The largest absolute Gasteiger partial charge is 0.493 e. The van der Waals surface area contributed by atoms with Crippen LogP contribution in [0.15, 0.2) is 66.9 Å². The zero-order valence-corrected chi connectivity index (χ0v) is 21.1. The molecule has 7 nitrogen and oxygen atoms in total. The van der Waals surface area contributed by atoms with Crippen molar-refractivity contribution in [2.24, 2.45) is 0 Å². The first-order valence-electron chi connectivity index (χ1n) is 12.3. The highest BCUT2D eigenvalue weighted by Gasteiger charge is 2.20. The van der Waals surface area contributed by atoms with E-state index >= 15 is 0 Å². The Balaban J connectivity index is 1.66. The van der Waals surface area contributed by atoms with Gasteiger partial charge in [0.2, 0.25) is 11.8 Å². The molecule has 0 saturated heterocycles. The molecule has 4 aromatic rings. The van der Waals surface area contributed by atoms with Gasteiger partial charge in [0.25, 0.3) is 0 Å². The van der Waals surface area contributed by atoms with Crippen molar-refractivity contribution in [3.8, 4) is 5.88 Å². The molecule has 0 aliphatic heterocycles. The van der Waals surface area contributed by atoms with E-state index in [-0.39, 0.29) is 17.8 Å². The highest BCUT2D eigenvalue weighted by molar-refractivity contribution is 5.94. The van der Waals surface area contributed by atoms with Gasteiger partial charge in [-0.1, -0.05) is 60.7 Å². The van der Waals surface area contributed by atoms with Crippen LogP contribution in [0.25, 0.3) is 10.9 Å². The van der Waals surface area contributed by atoms with Crippen LogP contribution in [0, 0.1) is 0 Å². The molecule has 2 heterocycles. The number of anilines is 2. The number of nitrogens with zero attached hydrogens (tertiary/aromatic N) is 4. The molecule has 0 aliphatic carbocycles. The van der Waals surface area contributed by atoms with Crippen molar-refractivity contribution in [3.05, 3.63) is 78.0 Å². The molecule has 0 spiro atoms. The molecule has 4 rings (SSSR count). The van der Waals surface area contributed by atoms with Crippen LogP contribution >= 0.6 is 0 Å². The van der Waals surface area contributed by atoms with Crippen molar-refractivity contribution in [2.75, 3.05) is 44.4 Å². The summed E-state index contributed by atoms with van der Waals surface area (Å²) in [4.78, 5) is 11.6. The van der Waals surface area contributed by atoms with Crippen LogP contribution in [0.4, 0.5) is 11.8 Å². The second-order valence-electron chi connectivity index (χ2n) is 9.45. The molecule has 35 heavy (non-hydrogen) atoms. The molecule has 0 saturated carbocycles. The molecule has 2 aromatic carbocycles. The lowest BCUT2D eigenvalue weighted by Crippen LogP contribution is -2.18. The number of hydrogen-bond acceptors (Lipinski definition) is 6. The fourth-order valence-electron chi connectivity index (χ4n) is 4.29. The highest BCUT2D eigenvalue weighted by Crippen LogP contribution is 2.34. The number of nitrogens with one attached hydrogen (secondary N) is 2. The maximum atomic E-state index is 10.9. The van der Waals surface area contributed by atoms with Gasteiger partial charge in [-0.2, -0.15) is 4.98 Å². The summed E-state index contributed by atoms with van der Waals surface area (Å²) in [6.07, 6.45) is 2.91. The number of aromatic nitrogens is 3. The third-order valence-electron chi connectivity index (χ3n) is 6.17. The van der Waals surface area contributed by atoms with Crippen molar-refractivity contribution in [1.82, 2.24) is 19.4 Å². The average molecular weight is 473 g/mol. The minimum absolute atomic E-state index is 0.106. The second-order valence-corrected chi connectivity index (χ2v) is 9.45. The van der Waals surface area contributed by atoms with Gasteiger partial charge < -0.3 is 25.2 Å². The van der Waals surface area contributed by atoms with Gasteiger partial charge in [-0.25, -0.2) is 4.98 Å². The predicted molar refractivity (Wildman–Crippen MR) is 144 cm³/mol. The number of aromatic hydroxyl groups is 1. The molecule has 0 unspecified atom stereocenters. The van der Waals surface area contributed by atoms with Crippen LogP contribution in [0.2, 0.25) is 0 Å². The van der Waals surface area contributed by atoms with E-state index in [9.17, 15) is 5.11 Å². The topological polar surface area (TPSA) is 78.2 Å². The SMILES string of the molecule is CC(C)n1cc2c(NCC(c3ccccc3)c3ccccc3)nc(NCCCN(C)C)nc2c1O. The minimum Gasteiger partial charge on any atom is -0.493 e. The van der Waals surface area contributed by atoms with E-state index < -0.39 is 0 Å². The third kappa shape index (κ3) is 5.92. The fourth-order valence-corrected chi connectivity index (χ4v) is 4.29. The molecule has 0 amide bonds. The summed E-state index contributed by atoms with van der Waals surface area (Å²) in [6, 6.07) is 21.1. The van der Waals surface area contributed by atoms with Gasteiger partial charge in [0, 0.05) is 31.2 Å². The Kier molecular flexibility index (Phi) is 7.87. The van der Waals surface area contributed by atoms with Gasteiger partial charge in [0.05, 0.1) is 5.39 Å². The van der Waals surface area contributed by atoms with Crippen LogP contribution in [0.3, 0.4) is 0 Å². The molecule has 0 radical (unpaired) electrons. The lowest BCUT2D eigenvalue weighted by atomic mass is 9.91. The van der Waals surface area contributed by atoms with E-state index in [1.807, 2.05) is 36.7 Å². The first-order valence-corrected chi connectivity index (χ1v) is 12.3. The third-order valence-corrected chi connectivity index (χ3v) is 6.17. The summed E-state index contributed by atoms with van der Waals surface area (Å²) in [5.74, 6) is 1.56. The van der Waals surface area contributed by atoms with Crippen LogP contribution in [-0.2, 0) is 0 Å². The highest BCUT2D eigenvalue weighted by atomic mass is 16.3.